The molecule has 0 aromatic heterocycles. The Balaban J connectivity index is 2.81. The molecule has 0 radical (unpaired) electrons. The summed E-state index contributed by atoms with van der Waals surface area (Å²) < 4.78 is 61.8. The topological polar surface area (TPSA) is 37.4 Å². The molecule has 108 valence electrons. The van der Waals surface area contributed by atoms with Gasteiger partial charge in [0.25, 0.3) is 0 Å². The van der Waals surface area contributed by atoms with Gasteiger partial charge in [-0.2, -0.15) is 17.5 Å². The van der Waals surface area contributed by atoms with E-state index < -0.39 is 28.8 Å². The van der Waals surface area contributed by atoms with Crippen molar-refractivity contribution in [2.75, 3.05) is 18.2 Å². The second-order valence-electron chi connectivity index (χ2n) is 4.60. The Morgan fingerprint density at radius 2 is 1.94 bits per heavy atom. The highest BCUT2D eigenvalue weighted by atomic mass is 35.5. The van der Waals surface area contributed by atoms with E-state index in [9.17, 15) is 21.6 Å². The Labute approximate surface area is 110 Å². The molecule has 1 rings (SSSR count). The molecule has 0 aliphatic heterocycles. The number of halogens is 4. The van der Waals surface area contributed by atoms with Gasteiger partial charge in [-0.05, 0) is 32.1 Å². The first-order valence-corrected chi connectivity index (χ1v) is 7.94. The Morgan fingerprint density at radius 3 is 2.33 bits per heavy atom. The lowest BCUT2D eigenvalue weighted by atomic mass is 10.2. The van der Waals surface area contributed by atoms with Crippen molar-refractivity contribution in [3.8, 4) is 0 Å². The summed E-state index contributed by atoms with van der Waals surface area (Å²) in [5, 5.41) is 0. The number of hydrogen-bond donors (Lipinski definition) is 0. The zero-order valence-corrected chi connectivity index (χ0v) is 11.7. The number of rotatable bonds is 7. The first-order chi connectivity index (χ1) is 8.17. The summed E-state index contributed by atoms with van der Waals surface area (Å²) in [6, 6.07) is -0.591. The van der Waals surface area contributed by atoms with Crippen LogP contribution in [0.5, 0.6) is 0 Å². The van der Waals surface area contributed by atoms with Crippen molar-refractivity contribution in [1.82, 2.24) is 4.31 Å². The molecule has 0 aromatic carbocycles. The molecule has 0 N–H and O–H groups in total. The third kappa shape index (κ3) is 4.93. The quantitative estimate of drug-likeness (QED) is 0.678. The molecule has 8 heteroatoms. The molecule has 0 heterocycles. The molecule has 1 aliphatic rings. The van der Waals surface area contributed by atoms with Gasteiger partial charge in [-0.25, -0.2) is 8.42 Å². The molecule has 1 unspecified atom stereocenters. The van der Waals surface area contributed by atoms with Crippen LogP contribution in [0.3, 0.4) is 0 Å². The van der Waals surface area contributed by atoms with Crippen LogP contribution in [0, 0.1) is 5.92 Å². The van der Waals surface area contributed by atoms with E-state index in [1.165, 1.54) is 0 Å². The van der Waals surface area contributed by atoms with E-state index in [-0.39, 0.29) is 24.0 Å². The van der Waals surface area contributed by atoms with Crippen LogP contribution >= 0.6 is 11.6 Å². The number of hydrogen-bond acceptors (Lipinski definition) is 2. The van der Waals surface area contributed by atoms with Crippen LogP contribution in [-0.4, -0.2) is 43.1 Å². The third-order valence-corrected chi connectivity index (χ3v) is 5.23. The van der Waals surface area contributed by atoms with Crippen LogP contribution < -0.4 is 0 Å². The molecule has 1 atom stereocenters. The molecular formula is C10H17ClF3NO2S. The van der Waals surface area contributed by atoms with Gasteiger partial charge in [0.1, 0.15) is 6.54 Å². The maximum atomic E-state index is 12.5. The Hall–Kier alpha value is -0.0100. The Bertz CT molecular complexity index is 368. The average Bonchev–Trinajstić information content (AvgIpc) is 3.04. The predicted molar refractivity (Wildman–Crippen MR) is 64.1 cm³/mol. The van der Waals surface area contributed by atoms with E-state index >= 15 is 0 Å². The van der Waals surface area contributed by atoms with E-state index in [0.717, 1.165) is 12.8 Å². The van der Waals surface area contributed by atoms with Crippen molar-refractivity contribution in [1.29, 1.82) is 0 Å². The zero-order valence-electron chi connectivity index (χ0n) is 10.1. The highest BCUT2D eigenvalue weighted by Gasteiger charge is 2.43. The van der Waals surface area contributed by atoms with Crippen LogP contribution in [0.2, 0.25) is 0 Å². The lowest BCUT2D eigenvalue weighted by Gasteiger charge is -2.29. The standard InChI is InChI=1S/C10H17ClF3NO2S/c1-8(9-3-4-9)15(7-10(12,13)14)18(16,17)6-2-5-11/h8-9H,2-7H2,1H3. The van der Waals surface area contributed by atoms with Gasteiger partial charge >= 0.3 is 6.18 Å². The van der Waals surface area contributed by atoms with Crippen LogP contribution in [0.15, 0.2) is 0 Å². The summed E-state index contributed by atoms with van der Waals surface area (Å²) in [6.07, 6.45) is -2.77. The fraction of sp³-hybridized carbons (Fsp3) is 1.00. The Kier molecular flexibility index (Phi) is 5.32. The summed E-state index contributed by atoms with van der Waals surface area (Å²) in [5.74, 6) is -0.154. The minimum atomic E-state index is -4.52. The third-order valence-electron chi connectivity index (χ3n) is 2.99. The lowest BCUT2D eigenvalue weighted by Crippen LogP contribution is -2.46. The normalized spacial score (nSPS) is 19.2. The first kappa shape index (κ1) is 16.0. The highest BCUT2D eigenvalue weighted by Crippen LogP contribution is 2.37. The van der Waals surface area contributed by atoms with E-state index in [2.05, 4.69) is 0 Å². The van der Waals surface area contributed by atoms with Gasteiger partial charge in [0, 0.05) is 11.9 Å². The smallest absolute Gasteiger partial charge is 0.212 e. The van der Waals surface area contributed by atoms with E-state index in [1.54, 1.807) is 6.92 Å². The molecule has 1 saturated carbocycles. The number of sulfonamides is 1. The highest BCUT2D eigenvalue weighted by molar-refractivity contribution is 7.89. The Morgan fingerprint density at radius 1 is 1.39 bits per heavy atom. The van der Waals surface area contributed by atoms with Crippen molar-refractivity contribution >= 4 is 21.6 Å². The molecule has 1 fully saturated rings. The summed E-state index contributed by atoms with van der Waals surface area (Å²) >= 11 is 5.39. The summed E-state index contributed by atoms with van der Waals surface area (Å²) in [4.78, 5) is 0. The number of alkyl halides is 4. The van der Waals surface area contributed by atoms with E-state index in [1.807, 2.05) is 0 Å². The van der Waals surface area contributed by atoms with Crippen LogP contribution in [0.1, 0.15) is 26.2 Å². The minimum Gasteiger partial charge on any atom is -0.212 e. The van der Waals surface area contributed by atoms with Crippen molar-refractivity contribution in [3.05, 3.63) is 0 Å². The summed E-state index contributed by atoms with van der Waals surface area (Å²) in [5.41, 5.74) is 0. The maximum absolute atomic E-state index is 12.5. The van der Waals surface area contributed by atoms with Crippen LogP contribution in [0.4, 0.5) is 13.2 Å². The van der Waals surface area contributed by atoms with Crippen LogP contribution in [0.25, 0.3) is 0 Å². The SMILES string of the molecule is CC(C1CC1)N(CC(F)(F)F)S(=O)(=O)CCCCl. The lowest BCUT2D eigenvalue weighted by molar-refractivity contribution is -0.139. The van der Waals surface area contributed by atoms with Crippen molar-refractivity contribution < 1.29 is 21.6 Å². The van der Waals surface area contributed by atoms with Gasteiger partial charge in [-0.3, -0.25) is 0 Å². The molecule has 0 aromatic rings. The van der Waals surface area contributed by atoms with Gasteiger partial charge < -0.3 is 0 Å². The van der Waals surface area contributed by atoms with Crippen LogP contribution in [-0.2, 0) is 10.0 Å². The van der Waals surface area contributed by atoms with E-state index in [4.69, 9.17) is 11.6 Å². The molecule has 18 heavy (non-hydrogen) atoms. The second-order valence-corrected chi connectivity index (χ2v) is 7.02. The largest absolute Gasteiger partial charge is 0.402 e. The minimum absolute atomic E-state index is 0.0538. The molecular weight excluding hydrogens is 291 g/mol. The molecule has 3 nitrogen and oxygen atoms in total. The van der Waals surface area contributed by atoms with E-state index in [0.29, 0.717) is 4.31 Å². The van der Waals surface area contributed by atoms with Gasteiger partial charge in [-0.15, -0.1) is 11.6 Å². The van der Waals surface area contributed by atoms with Crippen molar-refractivity contribution in [2.24, 2.45) is 5.92 Å². The van der Waals surface area contributed by atoms with Gasteiger partial charge in [0.05, 0.1) is 5.75 Å². The summed E-state index contributed by atoms with van der Waals surface area (Å²) in [7, 11) is -3.89. The predicted octanol–water partition coefficient (Wildman–Crippen LogP) is 2.61. The van der Waals surface area contributed by atoms with Gasteiger partial charge in [0.15, 0.2) is 0 Å². The van der Waals surface area contributed by atoms with Gasteiger partial charge in [0.2, 0.25) is 10.0 Å². The average molecular weight is 308 g/mol. The van der Waals surface area contributed by atoms with Gasteiger partial charge in [-0.1, -0.05) is 0 Å². The molecule has 0 spiro atoms. The first-order valence-electron chi connectivity index (χ1n) is 5.79. The van der Waals surface area contributed by atoms with Crippen molar-refractivity contribution in [2.45, 2.75) is 38.4 Å². The fourth-order valence-corrected chi connectivity index (χ4v) is 3.90. The molecule has 0 saturated heterocycles. The summed E-state index contributed by atoms with van der Waals surface area (Å²) in [6.45, 7) is 0.136. The number of nitrogens with zero attached hydrogens (tertiary/aromatic N) is 1. The van der Waals surface area contributed by atoms with Crippen molar-refractivity contribution in [3.63, 3.8) is 0 Å². The fourth-order valence-electron chi connectivity index (χ4n) is 1.84. The monoisotopic (exact) mass is 307 g/mol. The second kappa shape index (κ2) is 5.96. The molecule has 0 amide bonds. The maximum Gasteiger partial charge on any atom is 0.402 e. The molecule has 0 bridgehead atoms. The molecule has 1 aliphatic carbocycles. The zero-order chi connectivity index (χ0) is 14.0.